The Labute approximate surface area is 207 Å². The molecule has 7 rings (SSSR count). The van der Waals surface area contributed by atoms with E-state index in [0.717, 1.165) is 0 Å². The van der Waals surface area contributed by atoms with Crippen molar-refractivity contribution < 1.29 is 48.0 Å². The molecule has 10 atom stereocenters. The Morgan fingerprint density at radius 2 is 1.69 bits per heavy atom. The second-order valence-corrected chi connectivity index (χ2v) is 12.5. The number of epoxide rings is 1. The standard InChI is InChI=1S/C26H30O10/c1-22(2)13-8-14(27)24(4)12(25(13)10-32-16(28)9-15(25)35-22)5-6-23(3)18(11-7-17(29)33-20(11)30)34-21(31)19-26(23,24)36-19/h7,12-13,15,17-19,29H,5-6,8-10H2,1-4H3/t12-,13-,15-,17-,18-,19+,23-,24-,25+,26-/m0/s1. The molecule has 10 nitrogen and oxygen atoms in total. The van der Waals surface area contributed by atoms with Crippen molar-refractivity contribution in [2.45, 2.75) is 89.2 Å². The van der Waals surface area contributed by atoms with E-state index in [1.54, 1.807) is 0 Å². The highest BCUT2D eigenvalue weighted by Crippen LogP contribution is 2.78. The van der Waals surface area contributed by atoms with E-state index >= 15 is 0 Å². The largest absolute Gasteiger partial charge is 0.465 e. The number of rotatable bonds is 1. The molecule has 0 aromatic heterocycles. The van der Waals surface area contributed by atoms with Gasteiger partial charge in [0, 0.05) is 23.2 Å². The molecule has 10 heteroatoms. The Balaban J connectivity index is 1.39. The number of aliphatic hydroxyl groups is 1. The fraction of sp³-hybridized carbons (Fsp3) is 0.769. The summed E-state index contributed by atoms with van der Waals surface area (Å²) in [5.74, 6) is -2.12. The second-order valence-electron chi connectivity index (χ2n) is 12.5. The van der Waals surface area contributed by atoms with Crippen LogP contribution in [0.2, 0.25) is 0 Å². The van der Waals surface area contributed by atoms with Crippen molar-refractivity contribution in [3.05, 3.63) is 11.6 Å². The lowest BCUT2D eigenvalue weighted by atomic mass is 9.37. The predicted octanol–water partition coefficient (Wildman–Crippen LogP) is 0.973. The average molecular weight is 503 g/mol. The minimum Gasteiger partial charge on any atom is -0.465 e. The summed E-state index contributed by atoms with van der Waals surface area (Å²) in [5, 5.41) is 9.90. The van der Waals surface area contributed by atoms with Crippen molar-refractivity contribution >= 4 is 23.7 Å². The van der Waals surface area contributed by atoms with E-state index in [9.17, 15) is 24.3 Å². The van der Waals surface area contributed by atoms with Crippen molar-refractivity contribution in [2.24, 2.45) is 28.1 Å². The maximum atomic E-state index is 14.3. The summed E-state index contributed by atoms with van der Waals surface area (Å²) in [4.78, 5) is 52.3. The summed E-state index contributed by atoms with van der Waals surface area (Å²) in [6.45, 7) is 7.88. The predicted molar refractivity (Wildman–Crippen MR) is 117 cm³/mol. The van der Waals surface area contributed by atoms with E-state index in [2.05, 4.69) is 0 Å². The monoisotopic (exact) mass is 502 g/mol. The van der Waals surface area contributed by atoms with Crippen LogP contribution >= 0.6 is 0 Å². The van der Waals surface area contributed by atoms with Crippen LogP contribution in [0.4, 0.5) is 0 Å². The lowest BCUT2D eigenvalue weighted by Gasteiger charge is -2.65. The molecule has 2 aliphatic carbocycles. The van der Waals surface area contributed by atoms with Gasteiger partial charge in [0.15, 0.2) is 6.10 Å². The summed E-state index contributed by atoms with van der Waals surface area (Å²) in [7, 11) is 0. The molecule has 0 unspecified atom stereocenters. The highest BCUT2D eigenvalue weighted by atomic mass is 16.7. The van der Waals surface area contributed by atoms with Crippen molar-refractivity contribution in [1.82, 2.24) is 0 Å². The van der Waals surface area contributed by atoms with Crippen LogP contribution in [0.15, 0.2) is 11.6 Å². The topological polar surface area (TPSA) is 138 Å². The van der Waals surface area contributed by atoms with Gasteiger partial charge in [0.25, 0.3) is 0 Å². The minimum absolute atomic E-state index is 0.0118. The first-order valence-corrected chi connectivity index (χ1v) is 12.7. The molecule has 36 heavy (non-hydrogen) atoms. The minimum atomic E-state index is -1.41. The fourth-order valence-corrected chi connectivity index (χ4v) is 9.51. The maximum Gasteiger partial charge on any atom is 0.340 e. The van der Waals surface area contributed by atoms with E-state index in [0.29, 0.717) is 12.8 Å². The van der Waals surface area contributed by atoms with E-state index in [-0.39, 0.29) is 48.6 Å². The molecule has 7 aliphatic rings. The number of ether oxygens (including phenoxy) is 5. The molecular formula is C26H30O10. The second kappa shape index (κ2) is 6.39. The molecular weight excluding hydrogens is 472 g/mol. The zero-order chi connectivity index (χ0) is 25.6. The maximum absolute atomic E-state index is 14.3. The third kappa shape index (κ3) is 2.23. The van der Waals surface area contributed by atoms with Gasteiger partial charge in [-0.25, -0.2) is 9.59 Å². The van der Waals surface area contributed by atoms with Gasteiger partial charge in [0.2, 0.25) is 6.29 Å². The van der Waals surface area contributed by atoms with Crippen LogP contribution in [0.5, 0.6) is 0 Å². The number of carbonyl (C=O) groups is 4. The fourth-order valence-electron chi connectivity index (χ4n) is 9.51. The van der Waals surface area contributed by atoms with Gasteiger partial charge >= 0.3 is 17.9 Å². The van der Waals surface area contributed by atoms with E-state index in [4.69, 9.17) is 23.7 Å². The lowest BCUT2D eigenvalue weighted by Crippen LogP contribution is -2.74. The first kappa shape index (κ1) is 22.9. The lowest BCUT2D eigenvalue weighted by molar-refractivity contribution is -0.221. The normalized spacial score (nSPS) is 54.1. The molecule has 0 radical (unpaired) electrons. The van der Waals surface area contributed by atoms with Crippen LogP contribution in [0.25, 0.3) is 0 Å². The third-order valence-electron chi connectivity index (χ3n) is 11.0. The van der Waals surface area contributed by atoms with Crippen molar-refractivity contribution in [2.75, 3.05) is 6.61 Å². The Hall–Kier alpha value is -2.30. The summed E-state index contributed by atoms with van der Waals surface area (Å²) < 4.78 is 29.1. The molecule has 0 amide bonds. The molecule has 194 valence electrons. The van der Waals surface area contributed by atoms with Crippen LogP contribution in [-0.4, -0.2) is 71.2 Å². The first-order chi connectivity index (χ1) is 16.8. The zero-order valence-corrected chi connectivity index (χ0v) is 20.7. The van der Waals surface area contributed by atoms with Crippen molar-refractivity contribution in [3.8, 4) is 0 Å². The Bertz CT molecular complexity index is 1170. The molecule has 0 bridgehead atoms. The highest BCUT2D eigenvalue weighted by Gasteiger charge is 2.90. The summed E-state index contributed by atoms with van der Waals surface area (Å²) >= 11 is 0. The summed E-state index contributed by atoms with van der Waals surface area (Å²) in [6, 6.07) is 0. The number of Topliss-reactive ketones (excluding diaryl/α,β-unsaturated/α-hetero) is 1. The molecule has 5 aliphatic heterocycles. The Morgan fingerprint density at radius 3 is 2.39 bits per heavy atom. The van der Waals surface area contributed by atoms with Crippen molar-refractivity contribution in [1.29, 1.82) is 0 Å². The molecule has 6 fully saturated rings. The number of aliphatic hydroxyl groups excluding tert-OH is 1. The van der Waals surface area contributed by atoms with Gasteiger partial charge < -0.3 is 28.8 Å². The van der Waals surface area contributed by atoms with Crippen LogP contribution < -0.4 is 0 Å². The quantitative estimate of drug-likeness (QED) is 0.314. The van der Waals surface area contributed by atoms with Crippen LogP contribution in [0.3, 0.4) is 0 Å². The van der Waals surface area contributed by atoms with Crippen molar-refractivity contribution in [3.63, 3.8) is 0 Å². The van der Waals surface area contributed by atoms with Crippen LogP contribution in [-0.2, 0) is 42.9 Å². The molecule has 5 heterocycles. The number of hydrogen-bond donors (Lipinski definition) is 1. The number of carbonyl (C=O) groups excluding carboxylic acids is 4. The molecule has 2 saturated carbocycles. The number of fused-ring (bicyclic) bond motifs is 1. The average Bonchev–Trinajstić information content (AvgIpc) is 3.43. The smallest absolute Gasteiger partial charge is 0.340 e. The van der Waals surface area contributed by atoms with Gasteiger partial charge in [-0.05, 0) is 45.6 Å². The van der Waals surface area contributed by atoms with Gasteiger partial charge in [0.1, 0.15) is 24.1 Å². The molecule has 1 N–H and O–H groups in total. The number of hydrogen-bond acceptors (Lipinski definition) is 10. The van der Waals surface area contributed by atoms with Gasteiger partial charge in [-0.2, -0.15) is 0 Å². The Kier molecular flexibility index (Phi) is 4.06. The SMILES string of the molecule is CC1(C)O[C@H]2CC(=O)OC[C@]23[C@H]2CC[C@@]4(C)[C@H](C5=C[C@@H](O)OC5=O)OC(=O)[C@H]5O[C@@]54[C@]2(C)C(=O)C[C@@H]13. The van der Waals surface area contributed by atoms with Crippen LogP contribution in [0, 0.1) is 28.1 Å². The van der Waals surface area contributed by atoms with E-state index < -0.39 is 64.0 Å². The third-order valence-corrected chi connectivity index (χ3v) is 11.0. The number of ketones is 1. The van der Waals surface area contributed by atoms with Crippen LogP contribution in [0.1, 0.15) is 53.4 Å². The van der Waals surface area contributed by atoms with Gasteiger partial charge in [0.05, 0.1) is 29.1 Å². The van der Waals surface area contributed by atoms with Gasteiger partial charge in [-0.3, -0.25) is 9.59 Å². The first-order valence-electron chi connectivity index (χ1n) is 12.7. The summed E-state index contributed by atoms with van der Waals surface area (Å²) in [5.41, 5.74) is -4.37. The molecule has 0 aromatic rings. The molecule has 2 spiro atoms. The number of esters is 3. The molecule has 4 saturated heterocycles. The van der Waals surface area contributed by atoms with Gasteiger partial charge in [-0.1, -0.05) is 6.92 Å². The summed E-state index contributed by atoms with van der Waals surface area (Å²) in [6.07, 6.45) is -1.12. The van der Waals surface area contributed by atoms with E-state index in [1.165, 1.54) is 6.08 Å². The van der Waals surface area contributed by atoms with Gasteiger partial charge in [-0.15, -0.1) is 0 Å². The number of cyclic esters (lactones) is 3. The zero-order valence-electron chi connectivity index (χ0n) is 20.7. The highest BCUT2D eigenvalue weighted by molar-refractivity contribution is 5.96. The van der Waals surface area contributed by atoms with E-state index in [1.807, 2.05) is 27.7 Å². The molecule has 0 aromatic carbocycles. The Morgan fingerprint density at radius 1 is 0.944 bits per heavy atom.